The Labute approximate surface area is 155 Å². The molecule has 142 valence electrons. The Hall–Kier alpha value is -1.97. The molecule has 0 amide bonds. The van der Waals surface area contributed by atoms with Crippen LogP contribution in [0.1, 0.15) is 24.8 Å². The predicted molar refractivity (Wildman–Crippen MR) is 102 cm³/mol. The van der Waals surface area contributed by atoms with Crippen LogP contribution in [0.2, 0.25) is 0 Å². The van der Waals surface area contributed by atoms with Gasteiger partial charge in [0.05, 0.1) is 0 Å². The van der Waals surface area contributed by atoms with E-state index in [0.29, 0.717) is 0 Å². The molecule has 26 heavy (non-hydrogen) atoms. The van der Waals surface area contributed by atoms with Gasteiger partial charge < -0.3 is 20.9 Å². The lowest BCUT2D eigenvalue weighted by atomic mass is 10.1. The lowest BCUT2D eigenvalue weighted by molar-refractivity contribution is 0.110. The van der Waals surface area contributed by atoms with Gasteiger partial charge in [-0.15, -0.1) is 8.80 Å². The molecule has 2 aliphatic heterocycles. The molecular formula is C17H25N5O3S. The minimum atomic E-state index is -1.67. The Morgan fingerprint density at radius 2 is 2.12 bits per heavy atom. The van der Waals surface area contributed by atoms with E-state index in [1.165, 1.54) is 24.8 Å². The van der Waals surface area contributed by atoms with Crippen molar-refractivity contribution in [3.63, 3.8) is 0 Å². The molecule has 8 nitrogen and oxygen atoms in total. The number of likely N-dealkylation sites (tertiary alicyclic amines) is 1. The Morgan fingerprint density at radius 1 is 1.31 bits per heavy atom. The zero-order chi connectivity index (χ0) is 18.4. The first-order valence-corrected chi connectivity index (χ1v) is 9.88. The summed E-state index contributed by atoms with van der Waals surface area (Å²) in [6, 6.07) is 7.97. The van der Waals surface area contributed by atoms with E-state index in [9.17, 15) is 9.32 Å². The van der Waals surface area contributed by atoms with Crippen molar-refractivity contribution in [1.82, 2.24) is 10.2 Å². The fraction of sp³-hybridized carbons (Fsp3) is 0.529. The smallest absolute Gasteiger partial charge is 0.269 e. The predicted octanol–water partition coefficient (Wildman–Crippen LogP) is 0.350. The van der Waals surface area contributed by atoms with Crippen LogP contribution in [-0.4, -0.2) is 58.2 Å². The first-order chi connectivity index (χ1) is 12.6. The molecule has 0 aliphatic carbocycles. The standard InChI is InChI=1S/C17H25N5O3S/c18-16-17(21-26(24)20-16)19-10-14(23)12-25-15-6-4-5-13(9-15)11-22-7-2-1-3-8-22/h4-6,9,14,23H,1-3,7-8,10-12H2,(H2,18,20)(H,19,21). The third kappa shape index (κ3) is 5.52. The largest absolute Gasteiger partial charge is 0.491 e. The number of hydrogen-bond acceptors (Lipinski definition) is 6. The topological polar surface area (TPSA) is 113 Å². The summed E-state index contributed by atoms with van der Waals surface area (Å²) >= 11 is -1.67. The molecule has 4 N–H and O–H groups in total. The van der Waals surface area contributed by atoms with Crippen molar-refractivity contribution in [3.05, 3.63) is 29.8 Å². The lowest BCUT2D eigenvalue weighted by Gasteiger charge is -2.26. The number of amidine groups is 2. The summed E-state index contributed by atoms with van der Waals surface area (Å²) in [5, 5.41) is 12.9. The van der Waals surface area contributed by atoms with Crippen molar-refractivity contribution >= 4 is 22.8 Å². The van der Waals surface area contributed by atoms with Gasteiger partial charge in [-0.2, -0.15) is 0 Å². The number of ether oxygens (including phenoxy) is 1. The van der Waals surface area contributed by atoms with Gasteiger partial charge in [-0.3, -0.25) is 4.90 Å². The molecule has 3 rings (SSSR count). The summed E-state index contributed by atoms with van der Waals surface area (Å²) < 4.78 is 24.1. The Morgan fingerprint density at radius 3 is 2.85 bits per heavy atom. The number of benzene rings is 1. The van der Waals surface area contributed by atoms with Gasteiger partial charge >= 0.3 is 0 Å². The molecule has 2 heterocycles. The van der Waals surface area contributed by atoms with Gasteiger partial charge in [-0.05, 0) is 43.6 Å². The molecular weight excluding hydrogens is 354 g/mol. The van der Waals surface area contributed by atoms with Crippen molar-refractivity contribution in [3.8, 4) is 5.75 Å². The van der Waals surface area contributed by atoms with Crippen LogP contribution < -0.4 is 15.8 Å². The fourth-order valence-corrected chi connectivity index (χ4v) is 3.58. The van der Waals surface area contributed by atoms with Crippen molar-refractivity contribution < 1.29 is 14.1 Å². The van der Waals surface area contributed by atoms with Crippen molar-refractivity contribution in [2.75, 3.05) is 26.2 Å². The molecule has 1 fully saturated rings. The second-order valence-electron chi connectivity index (χ2n) is 6.48. The third-order valence-corrected chi connectivity index (χ3v) is 4.98. The van der Waals surface area contributed by atoms with Crippen LogP contribution in [0, 0.1) is 0 Å². The molecule has 1 aromatic rings. The van der Waals surface area contributed by atoms with Crippen LogP contribution in [0.4, 0.5) is 0 Å². The number of hydrogen-bond donors (Lipinski definition) is 3. The van der Waals surface area contributed by atoms with E-state index in [1.54, 1.807) is 0 Å². The van der Waals surface area contributed by atoms with Crippen LogP contribution >= 0.6 is 0 Å². The molecule has 0 aromatic heterocycles. The second kappa shape index (κ2) is 9.11. The molecule has 2 atom stereocenters. The maximum atomic E-state index is 11.1. The minimum absolute atomic E-state index is 0.0851. The van der Waals surface area contributed by atoms with Gasteiger partial charge in [0.25, 0.3) is 11.2 Å². The van der Waals surface area contributed by atoms with Gasteiger partial charge in [-0.25, -0.2) is 4.21 Å². The van der Waals surface area contributed by atoms with E-state index in [2.05, 4.69) is 25.1 Å². The summed E-state index contributed by atoms with van der Waals surface area (Å²) in [5.41, 5.74) is 6.77. The van der Waals surface area contributed by atoms with E-state index < -0.39 is 17.3 Å². The van der Waals surface area contributed by atoms with Gasteiger partial charge in [0.15, 0.2) is 11.7 Å². The zero-order valence-electron chi connectivity index (χ0n) is 14.6. The highest BCUT2D eigenvalue weighted by Gasteiger charge is 2.17. The highest BCUT2D eigenvalue weighted by atomic mass is 32.2. The third-order valence-electron chi connectivity index (χ3n) is 4.29. The maximum Gasteiger partial charge on any atom is 0.269 e. The number of aliphatic hydroxyl groups excluding tert-OH is 1. The normalized spacial score (nSPS) is 21.8. The average Bonchev–Trinajstić information content (AvgIpc) is 2.97. The Bertz CT molecular complexity index is 703. The van der Waals surface area contributed by atoms with E-state index in [0.717, 1.165) is 25.4 Å². The first kappa shape index (κ1) is 18.8. The monoisotopic (exact) mass is 379 g/mol. The second-order valence-corrected chi connectivity index (χ2v) is 7.30. The van der Waals surface area contributed by atoms with E-state index in [4.69, 9.17) is 10.5 Å². The first-order valence-electron chi connectivity index (χ1n) is 8.81. The van der Waals surface area contributed by atoms with Crippen molar-refractivity contribution in [1.29, 1.82) is 0 Å². The average molecular weight is 379 g/mol. The number of rotatable bonds is 7. The molecule has 2 unspecified atom stereocenters. The summed E-state index contributed by atoms with van der Waals surface area (Å²) in [4.78, 5) is 2.46. The molecule has 1 aromatic carbocycles. The zero-order valence-corrected chi connectivity index (χ0v) is 15.5. The Balaban J connectivity index is 1.43. The number of nitrogens with two attached hydrogens (primary N) is 1. The van der Waals surface area contributed by atoms with E-state index in [1.807, 2.05) is 18.2 Å². The van der Waals surface area contributed by atoms with Crippen molar-refractivity contribution in [2.45, 2.75) is 31.9 Å². The quantitative estimate of drug-likeness (QED) is 0.630. The fourth-order valence-electron chi connectivity index (χ4n) is 2.97. The minimum Gasteiger partial charge on any atom is -0.491 e. The van der Waals surface area contributed by atoms with Gasteiger partial charge in [-0.1, -0.05) is 18.6 Å². The van der Waals surface area contributed by atoms with Crippen LogP contribution in [0.3, 0.4) is 0 Å². The lowest BCUT2D eigenvalue weighted by Crippen LogP contribution is -2.40. The number of aliphatic hydroxyl groups is 1. The van der Waals surface area contributed by atoms with Gasteiger partial charge in [0.2, 0.25) is 0 Å². The molecule has 1 saturated heterocycles. The number of piperidine rings is 1. The van der Waals surface area contributed by atoms with Crippen LogP contribution in [-0.2, 0) is 17.7 Å². The Kier molecular flexibility index (Phi) is 6.59. The molecule has 0 radical (unpaired) electrons. The van der Waals surface area contributed by atoms with Crippen LogP contribution in [0.15, 0.2) is 33.1 Å². The van der Waals surface area contributed by atoms with Crippen LogP contribution in [0.25, 0.3) is 0 Å². The van der Waals surface area contributed by atoms with Crippen molar-refractivity contribution in [2.24, 2.45) is 14.5 Å². The maximum absolute atomic E-state index is 11.1. The SMILES string of the molecule is NC1=NS(=O)N=C1NCC(O)COc1cccc(CN2CCCCC2)c1. The molecule has 9 heteroatoms. The summed E-state index contributed by atoms with van der Waals surface area (Å²) in [6.07, 6.45) is 3.10. The number of nitrogens with zero attached hydrogens (tertiary/aromatic N) is 3. The summed E-state index contributed by atoms with van der Waals surface area (Å²) in [7, 11) is 0. The van der Waals surface area contributed by atoms with Gasteiger partial charge in [0, 0.05) is 13.1 Å². The van der Waals surface area contributed by atoms with Crippen LogP contribution in [0.5, 0.6) is 5.75 Å². The van der Waals surface area contributed by atoms with E-state index >= 15 is 0 Å². The summed E-state index contributed by atoms with van der Waals surface area (Å²) in [5.74, 6) is 1.06. The molecule has 0 spiro atoms. The highest BCUT2D eigenvalue weighted by molar-refractivity contribution is 7.83. The van der Waals surface area contributed by atoms with Gasteiger partial charge in [0.1, 0.15) is 18.5 Å². The molecule has 0 saturated carbocycles. The molecule has 0 bridgehead atoms. The highest BCUT2D eigenvalue weighted by Crippen LogP contribution is 2.17. The molecule has 2 aliphatic rings. The summed E-state index contributed by atoms with van der Waals surface area (Å²) in [6.45, 7) is 3.54. The number of nitrogens with one attached hydrogen (secondary N) is 1. The van der Waals surface area contributed by atoms with E-state index in [-0.39, 0.29) is 24.8 Å².